The Hall–Kier alpha value is -2.74. The zero-order chi connectivity index (χ0) is 17.3. The van der Waals surface area contributed by atoms with Gasteiger partial charge in [0.1, 0.15) is 12.4 Å². The molecule has 1 aromatic carbocycles. The molecule has 2 N–H and O–H groups in total. The fourth-order valence-corrected chi connectivity index (χ4v) is 2.56. The number of carboxylic acid groups (broad SMARTS) is 1. The third-order valence-electron chi connectivity index (χ3n) is 3.75. The van der Waals surface area contributed by atoms with E-state index in [0.717, 1.165) is 24.5 Å². The fourth-order valence-electron chi connectivity index (χ4n) is 2.56. The highest BCUT2D eigenvalue weighted by atomic mass is 19.2. The van der Waals surface area contributed by atoms with Crippen LogP contribution in [-0.2, 0) is 4.74 Å². The molecule has 0 radical (unpaired) electrons. The minimum atomic E-state index is -1.21. The second-order valence-electron chi connectivity index (χ2n) is 5.34. The molecule has 2 unspecified atom stereocenters. The number of benzene rings is 1. The van der Waals surface area contributed by atoms with Crippen molar-refractivity contribution < 1.29 is 32.6 Å². The van der Waals surface area contributed by atoms with Gasteiger partial charge in [0.05, 0.1) is 11.6 Å². The SMILES string of the molecule is O=C(O)c1coc(C(=O)NC2CCOC2c2ccc(F)c(F)c2)c1. The van der Waals surface area contributed by atoms with Crippen LogP contribution in [0.2, 0.25) is 0 Å². The van der Waals surface area contributed by atoms with Crippen molar-refractivity contribution in [3.05, 3.63) is 59.1 Å². The molecular weight excluding hydrogens is 324 g/mol. The molecule has 0 aliphatic carbocycles. The molecule has 1 aliphatic heterocycles. The van der Waals surface area contributed by atoms with Crippen LogP contribution in [-0.4, -0.2) is 29.6 Å². The molecule has 1 saturated heterocycles. The van der Waals surface area contributed by atoms with E-state index in [1.165, 1.54) is 6.07 Å². The van der Waals surface area contributed by atoms with E-state index in [1.54, 1.807) is 0 Å². The van der Waals surface area contributed by atoms with Crippen molar-refractivity contribution in [3.63, 3.8) is 0 Å². The third-order valence-corrected chi connectivity index (χ3v) is 3.75. The van der Waals surface area contributed by atoms with Crippen molar-refractivity contribution in [3.8, 4) is 0 Å². The topological polar surface area (TPSA) is 88.8 Å². The van der Waals surface area contributed by atoms with E-state index in [1.807, 2.05) is 0 Å². The lowest BCUT2D eigenvalue weighted by molar-refractivity contribution is 0.0695. The number of furan rings is 1. The number of rotatable bonds is 4. The number of carboxylic acids is 1. The first-order valence-corrected chi connectivity index (χ1v) is 7.15. The van der Waals surface area contributed by atoms with Gasteiger partial charge in [0.15, 0.2) is 17.4 Å². The van der Waals surface area contributed by atoms with Gasteiger partial charge in [-0.15, -0.1) is 0 Å². The molecule has 0 bridgehead atoms. The largest absolute Gasteiger partial charge is 0.478 e. The maximum absolute atomic E-state index is 13.4. The first kappa shape index (κ1) is 16.1. The average molecular weight is 337 g/mol. The summed E-state index contributed by atoms with van der Waals surface area (Å²) in [5.74, 6) is -3.92. The van der Waals surface area contributed by atoms with Gasteiger partial charge in [-0.3, -0.25) is 4.79 Å². The van der Waals surface area contributed by atoms with Crippen LogP contribution in [0.1, 0.15) is 39.0 Å². The minimum absolute atomic E-state index is 0.139. The van der Waals surface area contributed by atoms with Crippen LogP contribution in [0, 0.1) is 11.6 Å². The van der Waals surface area contributed by atoms with Crippen molar-refractivity contribution in [2.24, 2.45) is 0 Å². The predicted molar refractivity (Wildman–Crippen MR) is 76.6 cm³/mol. The van der Waals surface area contributed by atoms with Gasteiger partial charge in [0.25, 0.3) is 5.91 Å². The normalized spacial score (nSPS) is 20.1. The number of hydrogen-bond acceptors (Lipinski definition) is 4. The van der Waals surface area contributed by atoms with Crippen LogP contribution in [0.5, 0.6) is 0 Å². The molecule has 24 heavy (non-hydrogen) atoms. The Morgan fingerprint density at radius 3 is 2.67 bits per heavy atom. The average Bonchev–Trinajstić information content (AvgIpc) is 3.19. The van der Waals surface area contributed by atoms with Crippen molar-refractivity contribution in [1.29, 1.82) is 0 Å². The van der Waals surface area contributed by atoms with Gasteiger partial charge in [-0.25, -0.2) is 13.6 Å². The summed E-state index contributed by atoms with van der Waals surface area (Å²) in [6.07, 6.45) is 0.815. The number of halogens is 2. The van der Waals surface area contributed by atoms with Gasteiger partial charge in [0.2, 0.25) is 0 Å². The van der Waals surface area contributed by atoms with Crippen molar-refractivity contribution in [2.75, 3.05) is 6.61 Å². The summed E-state index contributed by atoms with van der Waals surface area (Å²) in [4.78, 5) is 22.9. The molecule has 1 amide bonds. The summed E-state index contributed by atoms with van der Waals surface area (Å²) in [5.41, 5.74) is 0.266. The van der Waals surface area contributed by atoms with E-state index in [9.17, 15) is 18.4 Å². The summed E-state index contributed by atoms with van der Waals surface area (Å²) in [7, 11) is 0. The maximum Gasteiger partial charge on any atom is 0.338 e. The second kappa shape index (κ2) is 6.40. The Morgan fingerprint density at radius 2 is 2.00 bits per heavy atom. The highest BCUT2D eigenvalue weighted by Crippen LogP contribution is 2.30. The predicted octanol–water partition coefficient (Wildman–Crippen LogP) is 2.52. The fraction of sp³-hybridized carbons (Fsp3) is 0.250. The van der Waals surface area contributed by atoms with Crippen LogP contribution in [0.4, 0.5) is 8.78 Å². The summed E-state index contributed by atoms with van der Waals surface area (Å²) >= 11 is 0. The van der Waals surface area contributed by atoms with Crippen LogP contribution in [0.3, 0.4) is 0 Å². The monoisotopic (exact) mass is 337 g/mol. The number of hydrogen-bond donors (Lipinski definition) is 2. The lowest BCUT2D eigenvalue weighted by atomic mass is 10.0. The lowest BCUT2D eigenvalue weighted by Crippen LogP contribution is -2.36. The molecule has 0 saturated carbocycles. The molecule has 1 fully saturated rings. The molecule has 1 aliphatic rings. The summed E-state index contributed by atoms with van der Waals surface area (Å²) in [5, 5.41) is 11.5. The standard InChI is InChI=1S/C16H13F2NO5/c17-10-2-1-8(5-11(10)18)14-12(3-4-23-14)19-15(20)13-6-9(7-24-13)16(21)22/h1-2,5-7,12,14H,3-4H2,(H,19,20)(H,21,22). The minimum Gasteiger partial charge on any atom is -0.478 e. The van der Waals surface area contributed by atoms with Crippen molar-refractivity contribution >= 4 is 11.9 Å². The second-order valence-corrected chi connectivity index (χ2v) is 5.34. The molecule has 3 rings (SSSR count). The number of carbonyl (C=O) groups excluding carboxylic acids is 1. The highest BCUT2D eigenvalue weighted by molar-refractivity contribution is 5.95. The van der Waals surface area contributed by atoms with E-state index in [4.69, 9.17) is 14.3 Å². The molecule has 2 atom stereocenters. The van der Waals surface area contributed by atoms with Gasteiger partial charge in [-0.2, -0.15) is 0 Å². The van der Waals surface area contributed by atoms with E-state index in [0.29, 0.717) is 18.6 Å². The lowest BCUT2D eigenvalue weighted by Gasteiger charge is -2.19. The van der Waals surface area contributed by atoms with E-state index in [2.05, 4.69) is 5.32 Å². The van der Waals surface area contributed by atoms with E-state index >= 15 is 0 Å². The number of ether oxygens (including phenoxy) is 1. The van der Waals surface area contributed by atoms with Gasteiger partial charge in [-0.05, 0) is 24.1 Å². The quantitative estimate of drug-likeness (QED) is 0.895. The molecule has 2 heterocycles. The molecule has 6 nitrogen and oxygen atoms in total. The molecular formula is C16H13F2NO5. The number of carbonyl (C=O) groups is 2. The Morgan fingerprint density at radius 1 is 1.21 bits per heavy atom. The number of aromatic carboxylic acids is 1. The van der Waals surface area contributed by atoms with Gasteiger partial charge in [0, 0.05) is 12.7 Å². The molecule has 8 heteroatoms. The first-order chi connectivity index (χ1) is 11.5. The summed E-state index contributed by atoms with van der Waals surface area (Å²) in [6.45, 7) is 0.340. The van der Waals surface area contributed by atoms with Crippen molar-refractivity contribution in [2.45, 2.75) is 18.6 Å². The molecule has 126 valence electrons. The Labute approximate surface area is 135 Å². The van der Waals surface area contributed by atoms with Gasteiger partial charge in [-0.1, -0.05) is 6.07 Å². The van der Waals surface area contributed by atoms with Crippen molar-refractivity contribution in [1.82, 2.24) is 5.32 Å². The zero-order valence-electron chi connectivity index (χ0n) is 12.3. The van der Waals surface area contributed by atoms with Crippen LogP contribution < -0.4 is 5.32 Å². The Balaban J connectivity index is 1.74. The first-order valence-electron chi connectivity index (χ1n) is 7.15. The summed E-state index contributed by atoms with van der Waals surface area (Å²) < 4.78 is 36.8. The van der Waals surface area contributed by atoms with Crippen LogP contribution in [0.25, 0.3) is 0 Å². The smallest absolute Gasteiger partial charge is 0.338 e. The number of amides is 1. The number of nitrogens with one attached hydrogen (secondary N) is 1. The maximum atomic E-state index is 13.4. The van der Waals surface area contributed by atoms with Crippen LogP contribution in [0.15, 0.2) is 34.9 Å². The van der Waals surface area contributed by atoms with Crippen LogP contribution >= 0.6 is 0 Å². The zero-order valence-corrected chi connectivity index (χ0v) is 12.3. The Bertz CT molecular complexity index is 789. The Kier molecular flexibility index (Phi) is 4.30. The molecule has 0 spiro atoms. The van der Waals surface area contributed by atoms with E-state index < -0.39 is 35.7 Å². The van der Waals surface area contributed by atoms with E-state index in [-0.39, 0.29) is 11.3 Å². The highest BCUT2D eigenvalue weighted by Gasteiger charge is 2.32. The van der Waals surface area contributed by atoms with Gasteiger partial charge < -0.3 is 19.6 Å². The molecule has 2 aromatic rings. The summed E-state index contributed by atoms with van der Waals surface area (Å²) in [6, 6.07) is 4.06. The van der Waals surface area contributed by atoms with Gasteiger partial charge >= 0.3 is 5.97 Å². The molecule has 1 aromatic heterocycles. The third kappa shape index (κ3) is 3.13.